The highest BCUT2D eigenvalue weighted by molar-refractivity contribution is 6.97. The van der Waals surface area contributed by atoms with E-state index in [1.54, 1.807) is 0 Å². The lowest BCUT2D eigenvalue weighted by Crippen LogP contribution is -2.60. The fourth-order valence-corrected chi connectivity index (χ4v) is 7.33. The molecule has 0 aliphatic heterocycles. The second-order valence-corrected chi connectivity index (χ2v) is 10.3. The van der Waals surface area contributed by atoms with Crippen LogP contribution in [0.4, 0.5) is 0 Å². The van der Waals surface area contributed by atoms with Crippen LogP contribution in [0.2, 0.25) is 6.04 Å². The summed E-state index contributed by atoms with van der Waals surface area (Å²) in [5, 5.41) is 2.80. The highest BCUT2D eigenvalue weighted by Crippen LogP contribution is 2.23. The number of benzene rings is 2. The van der Waals surface area contributed by atoms with Gasteiger partial charge in [0.25, 0.3) is 8.32 Å². The van der Waals surface area contributed by atoms with Crippen LogP contribution in [0.1, 0.15) is 45.1 Å². The molecule has 2 rings (SSSR count). The largest absolute Gasteiger partial charge is 0.411 e. The van der Waals surface area contributed by atoms with E-state index in [-0.39, 0.29) is 0 Å². The van der Waals surface area contributed by atoms with Crippen molar-refractivity contribution in [1.82, 2.24) is 0 Å². The normalized spacial score (nSPS) is 15.3. The van der Waals surface area contributed by atoms with Crippen molar-refractivity contribution in [3.63, 3.8) is 0 Å². The summed E-state index contributed by atoms with van der Waals surface area (Å²) >= 11 is 0. The molecule has 128 valence electrons. The standard InChI is InChI=1S/C22H30OSi/c1-5-7-9-14-19(3)21-17-12-13-18-22(21)24(6-2,23-4)20-15-10-8-11-16-20/h5,7-8,10-13,15-19H,6,9,14H2,1-4H3. The first-order valence-corrected chi connectivity index (χ1v) is 11.1. The predicted octanol–water partition coefficient (Wildman–Crippen LogP) is 4.87. The average molecular weight is 339 g/mol. The van der Waals surface area contributed by atoms with E-state index in [0.717, 1.165) is 12.5 Å². The molecule has 2 aromatic rings. The van der Waals surface area contributed by atoms with Gasteiger partial charge in [-0.15, -0.1) is 0 Å². The maximum absolute atomic E-state index is 6.30. The van der Waals surface area contributed by atoms with Crippen molar-refractivity contribution >= 4 is 18.7 Å². The Morgan fingerprint density at radius 2 is 1.71 bits per heavy atom. The third-order valence-corrected chi connectivity index (χ3v) is 9.30. The molecule has 2 aromatic carbocycles. The van der Waals surface area contributed by atoms with Gasteiger partial charge in [-0.05, 0) is 47.7 Å². The van der Waals surface area contributed by atoms with Crippen LogP contribution in [0.3, 0.4) is 0 Å². The van der Waals surface area contributed by atoms with Crippen LogP contribution in [0.15, 0.2) is 66.7 Å². The summed E-state index contributed by atoms with van der Waals surface area (Å²) in [5.74, 6) is 0.537. The number of hydrogen-bond donors (Lipinski definition) is 0. The Morgan fingerprint density at radius 3 is 2.33 bits per heavy atom. The Bertz CT molecular complexity index is 644. The van der Waals surface area contributed by atoms with Crippen molar-refractivity contribution in [2.24, 2.45) is 0 Å². The van der Waals surface area contributed by atoms with Gasteiger partial charge < -0.3 is 4.43 Å². The molecule has 1 nitrogen and oxygen atoms in total. The van der Waals surface area contributed by atoms with Crippen LogP contribution in [-0.4, -0.2) is 15.4 Å². The average Bonchev–Trinajstić information content (AvgIpc) is 2.65. The topological polar surface area (TPSA) is 9.23 Å². The Labute approximate surface area is 148 Å². The number of hydrogen-bond acceptors (Lipinski definition) is 1. The van der Waals surface area contributed by atoms with Crippen molar-refractivity contribution in [2.45, 2.75) is 45.6 Å². The molecule has 0 aliphatic carbocycles. The molecule has 0 saturated carbocycles. The summed E-state index contributed by atoms with van der Waals surface area (Å²) in [6.07, 6.45) is 6.71. The molecule has 0 saturated heterocycles. The smallest absolute Gasteiger partial charge is 0.255 e. The SMILES string of the molecule is CC=CCCC(C)c1ccccc1[Si](CC)(OC)c1ccccc1. The lowest BCUT2D eigenvalue weighted by molar-refractivity contribution is 0.416. The molecule has 0 bridgehead atoms. The Balaban J connectivity index is 2.48. The zero-order chi connectivity index (χ0) is 17.4. The molecule has 0 amide bonds. The zero-order valence-electron chi connectivity index (χ0n) is 15.5. The van der Waals surface area contributed by atoms with Crippen molar-refractivity contribution in [3.05, 3.63) is 72.3 Å². The quantitative estimate of drug-likeness (QED) is 0.493. The second kappa shape index (κ2) is 9.00. The minimum Gasteiger partial charge on any atom is -0.411 e. The summed E-state index contributed by atoms with van der Waals surface area (Å²) in [6.45, 7) is 6.70. The van der Waals surface area contributed by atoms with Crippen molar-refractivity contribution in [2.75, 3.05) is 7.11 Å². The molecular formula is C22H30OSi. The first-order valence-electron chi connectivity index (χ1n) is 9.00. The van der Waals surface area contributed by atoms with E-state index in [4.69, 9.17) is 4.43 Å². The molecule has 0 heterocycles. The van der Waals surface area contributed by atoms with E-state index in [0.29, 0.717) is 5.92 Å². The van der Waals surface area contributed by atoms with Gasteiger partial charge in [-0.2, -0.15) is 0 Å². The van der Waals surface area contributed by atoms with Crippen LogP contribution >= 0.6 is 0 Å². The minimum atomic E-state index is -2.17. The van der Waals surface area contributed by atoms with Gasteiger partial charge in [0.2, 0.25) is 0 Å². The Kier molecular flexibility index (Phi) is 7.01. The van der Waals surface area contributed by atoms with Crippen LogP contribution in [0, 0.1) is 0 Å². The molecule has 0 aliphatic rings. The highest BCUT2D eigenvalue weighted by Gasteiger charge is 2.38. The lowest BCUT2D eigenvalue weighted by Gasteiger charge is -2.33. The fraction of sp³-hybridized carbons (Fsp3) is 0.364. The third kappa shape index (κ3) is 3.88. The molecule has 2 unspecified atom stereocenters. The predicted molar refractivity (Wildman–Crippen MR) is 108 cm³/mol. The molecule has 0 spiro atoms. The molecule has 2 heteroatoms. The van der Waals surface area contributed by atoms with E-state index in [9.17, 15) is 0 Å². The van der Waals surface area contributed by atoms with Crippen molar-refractivity contribution < 1.29 is 4.43 Å². The monoisotopic (exact) mass is 338 g/mol. The van der Waals surface area contributed by atoms with E-state index in [2.05, 4.69) is 87.5 Å². The molecule has 0 fully saturated rings. The maximum atomic E-state index is 6.30. The van der Waals surface area contributed by atoms with Crippen molar-refractivity contribution in [1.29, 1.82) is 0 Å². The van der Waals surface area contributed by atoms with Gasteiger partial charge in [0, 0.05) is 7.11 Å². The minimum absolute atomic E-state index is 0.537. The summed E-state index contributed by atoms with van der Waals surface area (Å²) in [4.78, 5) is 0. The first-order chi connectivity index (χ1) is 11.7. The van der Waals surface area contributed by atoms with Crippen LogP contribution in [0.5, 0.6) is 0 Å². The van der Waals surface area contributed by atoms with Gasteiger partial charge >= 0.3 is 0 Å². The van der Waals surface area contributed by atoms with Gasteiger partial charge in [-0.25, -0.2) is 0 Å². The number of rotatable bonds is 8. The van der Waals surface area contributed by atoms with E-state index in [1.165, 1.54) is 22.4 Å². The summed E-state index contributed by atoms with van der Waals surface area (Å²) in [5.41, 5.74) is 1.46. The molecule has 24 heavy (non-hydrogen) atoms. The molecule has 0 N–H and O–H groups in total. The molecule has 0 aromatic heterocycles. The summed E-state index contributed by atoms with van der Waals surface area (Å²) in [7, 11) is -0.276. The van der Waals surface area contributed by atoms with E-state index in [1.807, 2.05) is 7.11 Å². The Hall–Kier alpha value is -1.64. The second-order valence-electron chi connectivity index (χ2n) is 6.39. The van der Waals surface area contributed by atoms with E-state index >= 15 is 0 Å². The van der Waals surface area contributed by atoms with Gasteiger partial charge in [-0.3, -0.25) is 0 Å². The third-order valence-electron chi connectivity index (χ3n) is 5.02. The van der Waals surface area contributed by atoms with Crippen LogP contribution in [0.25, 0.3) is 0 Å². The maximum Gasteiger partial charge on any atom is 0.255 e. The molecular weight excluding hydrogens is 308 g/mol. The Morgan fingerprint density at radius 1 is 1.04 bits per heavy atom. The highest BCUT2D eigenvalue weighted by atomic mass is 28.4. The number of allylic oxidation sites excluding steroid dienone is 2. The fourth-order valence-electron chi connectivity index (χ4n) is 3.59. The van der Waals surface area contributed by atoms with E-state index < -0.39 is 8.32 Å². The summed E-state index contributed by atoms with van der Waals surface area (Å²) in [6, 6.07) is 20.8. The van der Waals surface area contributed by atoms with Crippen molar-refractivity contribution in [3.8, 4) is 0 Å². The van der Waals surface area contributed by atoms with Gasteiger partial charge in [0.05, 0.1) is 0 Å². The van der Waals surface area contributed by atoms with Gasteiger partial charge in [0.1, 0.15) is 0 Å². The van der Waals surface area contributed by atoms with Gasteiger partial charge in [0.15, 0.2) is 0 Å². The van der Waals surface area contributed by atoms with Crippen LogP contribution < -0.4 is 10.4 Å². The van der Waals surface area contributed by atoms with Crippen LogP contribution in [-0.2, 0) is 4.43 Å². The lowest BCUT2D eigenvalue weighted by atomic mass is 9.96. The molecule has 2 atom stereocenters. The zero-order valence-corrected chi connectivity index (χ0v) is 16.5. The first kappa shape index (κ1) is 18.7. The molecule has 0 radical (unpaired) electrons. The van der Waals surface area contributed by atoms with Gasteiger partial charge in [-0.1, -0.05) is 80.6 Å². The summed E-state index contributed by atoms with van der Waals surface area (Å²) < 4.78 is 6.30.